The number of carbonyl (C=O) groups excluding carboxylic acids is 2. The van der Waals surface area contributed by atoms with Gasteiger partial charge in [0.05, 0.1) is 0 Å². The monoisotopic (exact) mass is 305 g/mol. The summed E-state index contributed by atoms with van der Waals surface area (Å²) in [5.74, 6) is -3.90. The predicted octanol–water partition coefficient (Wildman–Crippen LogP) is 3.07. The van der Waals surface area contributed by atoms with E-state index in [1.165, 1.54) is 0 Å². The average Bonchev–Trinajstić information content (AvgIpc) is 2.45. The molecule has 0 fully saturated rings. The Morgan fingerprint density at radius 3 is 2.36 bits per heavy atom. The van der Waals surface area contributed by atoms with Crippen molar-refractivity contribution >= 4 is 17.6 Å². The summed E-state index contributed by atoms with van der Waals surface area (Å²) in [7, 11) is 0. The Bertz CT molecular complexity index is 696. The van der Waals surface area contributed by atoms with E-state index in [1.807, 2.05) is 13.0 Å². The van der Waals surface area contributed by atoms with E-state index in [9.17, 15) is 18.4 Å². The van der Waals surface area contributed by atoms with Crippen molar-refractivity contribution in [1.29, 1.82) is 0 Å². The maximum absolute atomic E-state index is 13.4. The Balaban J connectivity index is 1.95. The normalized spacial score (nSPS) is 10.1. The number of hydrogen-bond acceptors (Lipinski definition) is 3. The molecule has 6 heteroatoms. The number of halogens is 2. The molecule has 114 valence electrons. The second-order valence-electron chi connectivity index (χ2n) is 4.59. The predicted molar refractivity (Wildman–Crippen MR) is 76.4 cm³/mol. The van der Waals surface area contributed by atoms with Gasteiger partial charge in [0.15, 0.2) is 6.61 Å². The van der Waals surface area contributed by atoms with Crippen LogP contribution in [0.5, 0.6) is 0 Å². The van der Waals surface area contributed by atoms with Gasteiger partial charge in [-0.15, -0.1) is 0 Å². The van der Waals surface area contributed by atoms with Crippen molar-refractivity contribution in [1.82, 2.24) is 0 Å². The van der Waals surface area contributed by atoms with Gasteiger partial charge in [0, 0.05) is 5.69 Å². The molecule has 0 aliphatic rings. The van der Waals surface area contributed by atoms with Crippen LogP contribution in [0.3, 0.4) is 0 Å². The van der Waals surface area contributed by atoms with Gasteiger partial charge in [0.2, 0.25) is 0 Å². The number of benzene rings is 2. The third-order valence-corrected chi connectivity index (χ3v) is 2.80. The third-order valence-electron chi connectivity index (χ3n) is 2.80. The average molecular weight is 305 g/mol. The highest BCUT2D eigenvalue weighted by Gasteiger charge is 2.19. The fourth-order valence-corrected chi connectivity index (χ4v) is 1.82. The van der Waals surface area contributed by atoms with E-state index < -0.39 is 35.7 Å². The largest absolute Gasteiger partial charge is 0.452 e. The van der Waals surface area contributed by atoms with E-state index in [1.54, 1.807) is 18.2 Å². The molecule has 0 unspecified atom stereocenters. The number of rotatable bonds is 4. The first-order valence-electron chi connectivity index (χ1n) is 6.45. The van der Waals surface area contributed by atoms with Crippen LogP contribution in [0, 0.1) is 18.6 Å². The molecular weight excluding hydrogens is 292 g/mol. The van der Waals surface area contributed by atoms with Gasteiger partial charge in [-0.1, -0.05) is 18.2 Å². The first kappa shape index (κ1) is 15.6. The molecule has 0 saturated heterocycles. The van der Waals surface area contributed by atoms with Gasteiger partial charge in [-0.05, 0) is 36.8 Å². The maximum Gasteiger partial charge on any atom is 0.344 e. The van der Waals surface area contributed by atoms with E-state index in [4.69, 9.17) is 0 Å². The van der Waals surface area contributed by atoms with Gasteiger partial charge < -0.3 is 10.1 Å². The number of esters is 1. The Hall–Kier alpha value is -2.76. The van der Waals surface area contributed by atoms with Crippen LogP contribution in [-0.4, -0.2) is 18.5 Å². The number of carbonyl (C=O) groups is 2. The molecule has 1 amide bonds. The lowest BCUT2D eigenvalue weighted by Crippen LogP contribution is -2.22. The van der Waals surface area contributed by atoms with Crippen molar-refractivity contribution in [3.05, 3.63) is 65.2 Å². The first-order chi connectivity index (χ1) is 10.5. The van der Waals surface area contributed by atoms with Gasteiger partial charge in [0.25, 0.3) is 5.91 Å². The zero-order valence-electron chi connectivity index (χ0n) is 11.7. The van der Waals surface area contributed by atoms with Crippen molar-refractivity contribution < 1.29 is 23.1 Å². The molecule has 0 heterocycles. The van der Waals surface area contributed by atoms with Crippen molar-refractivity contribution in [2.45, 2.75) is 6.92 Å². The van der Waals surface area contributed by atoms with Gasteiger partial charge in [-0.3, -0.25) is 4.79 Å². The Labute approximate surface area is 125 Å². The molecule has 0 radical (unpaired) electrons. The van der Waals surface area contributed by atoms with Crippen molar-refractivity contribution in [2.75, 3.05) is 11.9 Å². The molecule has 0 spiro atoms. The summed E-state index contributed by atoms with van der Waals surface area (Å²) in [6.07, 6.45) is 0. The second kappa shape index (κ2) is 6.80. The van der Waals surface area contributed by atoms with E-state index in [-0.39, 0.29) is 0 Å². The molecular formula is C16H13F2NO3. The highest BCUT2D eigenvalue weighted by molar-refractivity contribution is 5.95. The lowest BCUT2D eigenvalue weighted by Gasteiger charge is -2.08. The Morgan fingerprint density at radius 1 is 1.09 bits per heavy atom. The number of anilines is 1. The lowest BCUT2D eigenvalue weighted by atomic mass is 10.2. The molecule has 2 aromatic carbocycles. The maximum atomic E-state index is 13.4. The molecule has 2 rings (SSSR count). The summed E-state index contributed by atoms with van der Waals surface area (Å²) < 4.78 is 31.4. The molecule has 0 aromatic heterocycles. The van der Waals surface area contributed by atoms with Gasteiger partial charge >= 0.3 is 5.97 Å². The summed E-state index contributed by atoms with van der Waals surface area (Å²) in [6.45, 7) is 1.22. The van der Waals surface area contributed by atoms with E-state index in [0.29, 0.717) is 5.69 Å². The molecule has 0 saturated carbocycles. The SMILES string of the molecule is Cc1cccc(NC(=O)COC(=O)c2c(F)cccc2F)c1. The summed E-state index contributed by atoms with van der Waals surface area (Å²) in [6, 6.07) is 10.0. The highest BCUT2D eigenvalue weighted by Crippen LogP contribution is 2.13. The van der Waals surface area contributed by atoms with Crippen LogP contribution in [0.1, 0.15) is 15.9 Å². The lowest BCUT2D eigenvalue weighted by molar-refractivity contribution is -0.119. The minimum atomic E-state index is -1.23. The van der Waals surface area contributed by atoms with Crippen LogP contribution in [-0.2, 0) is 9.53 Å². The van der Waals surface area contributed by atoms with Crippen molar-refractivity contribution in [3.63, 3.8) is 0 Å². The van der Waals surface area contributed by atoms with E-state index in [2.05, 4.69) is 10.1 Å². The number of ether oxygens (including phenoxy) is 1. The fraction of sp³-hybridized carbons (Fsp3) is 0.125. The topological polar surface area (TPSA) is 55.4 Å². The Kier molecular flexibility index (Phi) is 4.83. The molecule has 0 aliphatic carbocycles. The van der Waals surface area contributed by atoms with Crippen LogP contribution in [0.4, 0.5) is 14.5 Å². The number of amides is 1. The minimum absolute atomic E-state index is 0.540. The summed E-state index contributed by atoms with van der Waals surface area (Å²) in [4.78, 5) is 23.3. The van der Waals surface area contributed by atoms with E-state index in [0.717, 1.165) is 23.8 Å². The van der Waals surface area contributed by atoms with Crippen LogP contribution >= 0.6 is 0 Å². The van der Waals surface area contributed by atoms with Crippen molar-refractivity contribution in [3.8, 4) is 0 Å². The molecule has 2 aromatic rings. The van der Waals surface area contributed by atoms with Gasteiger partial charge in [-0.2, -0.15) is 0 Å². The van der Waals surface area contributed by atoms with Crippen molar-refractivity contribution in [2.24, 2.45) is 0 Å². The molecule has 4 nitrogen and oxygen atoms in total. The molecule has 1 N–H and O–H groups in total. The first-order valence-corrected chi connectivity index (χ1v) is 6.45. The van der Waals surface area contributed by atoms with Crippen LogP contribution in [0.25, 0.3) is 0 Å². The zero-order chi connectivity index (χ0) is 16.1. The van der Waals surface area contributed by atoms with Gasteiger partial charge in [0.1, 0.15) is 17.2 Å². The summed E-state index contributed by atoms with van der Waals surface area (Å²) >= 11 is 0. The number of hydrogen-bond donors (Lipinski definition) is 1. The smallest absolute Gasteiger partial charge is 0.344 e. The standard InChI is InChI=1S/C16H13F2NO3/c1-10-4-2-5-11(8-10)19-14(20)9-22-16(21)15-12(17)6-3-7-13(15)18/h2-8H,9H2,1H3,(H,19,20). The van der Waals surface area contributed by atoms with Gasteiger partial charge in [-0.25, -0.2) is 13.6 Å². The number of nitrogens with one attached hydrogen (secondary N) is 1. The highest BCUT2D eigenvalue weighted by atomic mass is 19.1. The summed E-state index contributed by atoms with van der Waals surface area (Å²) in [5.41, 5.74) is 0.673. The Morgan fingerprint density at radius 2 is 1.73 bits per heavy atom. The zero-order valence-corrected chi connectivity index (χ0v) is 11.7. The third kappa shape index (κ3) is 3.88. The number of aryl methyl sites for hydroxylation is 1. The quantitative estimate of drug-likeness (QED) is 0.883. The fourth-order valence-electron chi connectivity index (χ4n) is 1.82. The van der Waals surface area contributed by atoms with Crippen LogP contribution < -0.4 is 5.32 Å². The van der Waals surface area contributed by atoms with Crippen LogP contribution in [0.2, 0.25) is 0 Å². The second-order valence-corrected chi connectivity index (χ2v) is 4.59. The van der Waals surface area contributed by atoms with E-state index >= 15 is 0 Å². The molecule has 0 bridgehead atoms. The van der Waals surface area contributed by atoms with Crippen LogP contribution in [0.15, 0.2) is 42.5 Å². The minimum Gasteiger partial charge on any atom is -0.452 e. The summed E-state index contributed by atoms with van der Waals surface area (Å²) in [5, 5.41) is 2.52. The molecule has 0 atom stereocenters. The molecule has 0 aliphatic heterocycles. The molecule has 22 heavy (non-hydrogen) atoms.